The third-order valence-electron chi connectivity index (χ3n) is 6.65. The number of ether oxygens (including phenoxy) is 3. The summed E-state index contributed by atoms with van der Waals surface area (Å²) in [5, 5.41) is 4.98. The summed E-state index contributed by atoms with van der Waals surface area (Å²) in [6.07, 6.45) is 1.58. The van der Waals surface area contributed by atoms with Gasteiger partial charge in [-0.25, -0.2) is 0 Å². The fourth-order valence-electron chi connectivity index (χ4n) is 4.79. The van der Waals surface area contributed by atoms with Crippen LogP contribution in [0.25, 0.3) is 11.0 Å². The number of amides is 1. The predicted octanol–water partition coefficient (Wildman–Crippen LogP) is 3.72. The Morgan fingerprint density at radius 2 is 1.94 bits per heavy atom. The summed E-state index contributed by atoms with van der Waals surface area (Å²) in [4.78, 5) is 27.8. The Morgan fingerprint density at radius 3 is 2.67 bits per heavy atom. The lowest BCUT2D eigenvalue weighted by molar-refractivity contribution is -0.134. The molecule has 3 aromatic rings. The van der Waals surface area contributed by atoms with E-state index in [9.17, 15) is 9.59 Å². The number of piperidine rings is 1. The molecule has 0 bridgehead atoms. The van der Waals surface area contributed by atoms with Crippen molar-refractivity contribution in [3.8, 4) is 17.2 Å². The number of likely N-dealkylation sites (tertiary alicyclic amines) is 1. The van der Waals surface area contributed by atoms with Gasteiger partial charge in [-0.1, -0.05) is 16.8 Å². The van der Waals surface area contributed by atoms with Crippen LogP contribution in [0.4, 0.5) is 0 Å². The Balaban J connectivity index is 1.31. The maximum atomic E-state index is 13.0. The number of aryl methyl sites for hydroxylation is 1. The van der Waals surface area contributed by atoms with E-state index in [2.05, 4.69) is 5.16 Å². The van der Waals surface area contributed by atoms with Crippen molar-refractivity contribution in [2.45, 2.75) is 38.2 Å². The molecule has 33 heavy (non-hydrogen) atoms. The number of benzene rings is 2. The zero-order valence-electron chi connectivity index (χ0n) is 19.0. The number of aromatic nitrogens is 1. The van der Waals surface area contributed by atoms with E-state index >= 15 is 0 Å². The summed E-state index contributed by atoms with van der Waals surface area (Å²) in [6, 6.07) is 9.24. The third-order valence-corrected chi connectivity index (χ3v) is 6.65. The van der Waals surface area contributed by atoms with Crippen LogP contribution in [0, 0.1) is 6.92 Å². The number of carbonyl (C=O) groups is 2. The molecule has 1 fully saturated rings. The van der Waals surface area contributed by atoms with Crippen LogP contribution in [0.3, 0.4) is 0 Å². The molecule has 2 aromatic carbocycles. The molecule has 0 unspecified atom stereocenters. The molecule has 172 valence electrons. The largest absolute Gasteiger partial charge is 0.493 e. The van der Waals surface area contributed by atoms with Crippen molar-refractivity contribution in [3.63, 3.8) is 0 Å². The lowest BCUT2D eigenvalue weighted by atomic mass is 9.82. The van der Waals surface area contributed by atoms with E-state index in [0.717, 1.165) is 10.9 Å². The van der Waals surface area contributed by atoms with Gasteiger partial charge in [-0.3, -0.25) is 9.59 Å². The first kappa shape index (κ1) is 21.3. The topological polar surface area (TPSA) is 91.1 Å². The minimum Gasteiger partial charge on any atom is -0.493 e. The first-order valence-electron chi connectivity index (χ1n) is 11.0. The predicted molar refractivity (Wildman–Crippen MR) is 120 cm³/mol. The molecule has 0 atom stereocenters. The molecule has 5 rings (SSSR count). The number of methoxy groups -OCH3 is 2. The molecule has 8 heteroatoms. The van der Waals surface area contributed by atoms with Gasteiger partial charge < -0.3 is 23.6 Å². The Labute approximate surface area is 191 Å². The second-order valence-electron chi connectivity index (χ2n) is 8.75. The zero-order valence-corrected chi connectivity index (χ0v) is 19.0. The number of carbonyl (C=O) groups excluding carboxylic acids is 2. The number of hydrogen-bond acceptors (Lipinski definition) is 7. The van der Waals surface area contributed by atoms with Crippen molar-refractivity contribution in [2.75, 3.05) is 27.3 Å². The molecule has 0 N–H and O–H groups in total. The number of ketones is 1. The molecular weight excluding hydrogens is 424 g/mol. The molecule has 2 aliphatic heterocycles. The highest BCUT2D eigenvalue weighted by Crippen LogP contribution is 2.47. The standard InChI is InChI=1S/C25H26N2O6/c1-15-4-6-20-17(12-15)18(26-33-20)13-22(29)27-10-8-25(9-11-27)14-19(28)16-5-7-21(30-2)24(31-3)23(16)32-25/h4-7,12H,8-11,13-14H2,1-3H3. The number of Topliss-reactive ketones (excluding diaryl/α,β-unsaturated/α-hetero) is 1. The maximum Gasteiger partial charge on any atom is 0.228 e. The van der Waals surface area contributed by atoms with Gasteiger partial charge in [0, 0.05) is 31.3 Å². The molecule has 3 heterocycles. The van der Waals surface area contributed by atoms with Crippen LogP contribution in [-0.2, 0) is 11.2 Å². The molecule has 8 nitrogen and oxygen atoms in total. The molecule has 1 amide bonds. The summed E-state index contributed by atoms with van der Waals surface area (Å²) in [5.74, 6) is 1.37. The number of rotatable bonds is 4. The van der Waals surface area contributed by atoms with Crippen molar-refractivity contribution >= 4 is 22.7 Å². The summed E-state index contributed by atoms with van der Waals surface area (Å²) < 4.78 is 22.6. The van der Waals surface area contributed by atoms with Gasteiger partial charge in [0.25, 0.3) is 0 Å². The molecule has 0 radical (unpaired) electrons. The van der Waals surface area contributed by atoms with Crippen molar-refractivity contribution in [1.29, 1.82) is 0 Å². The van der Waals surface area contributed by atoms with Crippen LogP contribution >= 0.6 is 0 Å². The maximum absolute atomic E-state index is 13.0. The highest BCUT2D eigenvalue weighted by Gasteiger charge is 2.45. The quantitative estimate of drug-likeness (QED) is 0.598. The minimum atomic E-state index is -0.655. The van der Waals surface area contributed by atoms with Crippen LogP contribution < -0.4 is 14.2 Å². The minimum absolute atomic E-state index is 0.0108. The Kier molecular flexibility index (Phi) is 5.23. The van der Waals surface area contributed by atoms with Gasteiger partial charge in [-0.05, 0) is 31.2 Å². The number of fused-ring (bicyclic) bond motifs is 2. The Morgan fingerprint density at radius 1 is 1.15 bits per heavy atom. The summed E-state index contributed by atoms with van der Waals surface area (Å²) in [7, 11) is 3.08. The second kappa shape index (κ2) is 8.10. The number of nitrogens with zero attached hydrogens (tertiary/aromatic N) is 2. The lowest BCUT2D eigenvalue weighted by Crippen LogP contribution is -2.52. The fraction of sp³-hybridized carbons (Fsp3) is 0.400. The van der Waals surface area contributed by atoms with E-state index in [1.165, 1.54) is 7.11 Å². The zero-order chi connectivity index (χ0) is 23.2. The Hall–Kier alpha value is -3.55. The molecule has 1 saturated heterocycles. The lowest BCUT2D eigenvalue weighted by Gasteiger charge is -2.44. The van der Waals surface area contributed by atoms with Gasteiger partial charge in [-0.15, -0.1) is 0 Å². The molecule has 0 aliphatic carbocycles. The average molecular weight is 450 g/mol. The van der Waals surface area contributed by atoms with Crippen molar-refractivity contribution in [2.24, 2.45) is 0 Å². The van der Waals surface area contributed by atoms with Gasteiger partial charge in [0.15, 0.2) is 22.9 Å². The van der Waals surface area contributed by atoms with E-state index in [-0.39, 0.29) is 24.5 Å². The van der Waals surface area contributed by atoms with Crippen LogP contribution in [0.5, 0.6) is 17.2 Å². The van der Waals surface area contributed by atoms with Crippen molar-refractivity contribution in [1.82, 2.24) is 10.1 Å². The number of hydrogen-bond donors (Lipinski definition) is 0. The van der Waals surface area contributed by atoms with E-state index in [0.29, 0.717) is 60.0 Å². The first-order valence-corrected chi connectivity index (χ1v) is 11.0. The molecular formula is C25H26N2O6. The molecule has 2 aliphatic rings. The van der Waals surface area contributed by atoms with E-state index < -0.39 is 5.60 Å². The summed E-state index contributed by atoms with van der Waals surface area (Å²) >= 11 is 0. The van der Waals surface area contributed by atoms with Gasteiger partial charge >= 0.3 is 0 Å². The van der Waals surface area contributed by atoms with E-state index in [1.54, 1.807) is 19.2 Å². The SMILES string of the molecule is COc1ccc2c(c1OC)OC1(CCN(C(=O)Cc3noc4ccc(C)cc34)CC1)CC2=O. The van der Waals surface area contributed by atoms with E-state index in [1.807, 2.05) is 30.0 Å². The monoisotopic (exact) mass is 450 g/mol. The van der Waals surface area contributed by atoms with Gasteiger partial charge in [0.1, 0.15) is 11.3 Å². The van der Waals surface area contributed by atoms with Crippen LogP contribution in [0.1, 0.15) is 40.9 Å². The van der Waals surface area contributed by atoms with Crippen LogP contribution in [0.15, 0.2) is 34.9 Å². The van der Waals surface area contributed by atoms with Gasteiger partial charge in [0.05, 0.1) is 32.6 Å². The molecule has 0 saturated carbocycles. The van der Waals surface area contributed by atoms with Crippen molar-refractivity contribution in [3.05, 3.63) is 47.2 Å². The Bertz CT molecular complexity index is 1240. The smallest absolute Gasteiger partial charge is 0.228 e. The third kappa shape index (κ3) is 3.69. The first-order chi connectivity index (χ1) is 15.9. The van der Waals surface area contributed by atoms with Crippen LogP contribution in [0.2, 0.25) is 0 Å². The fourth-order valence-corrected chi connectivity index (χ4v) is 4.79. The van der Waals surface area contributed by atoms with Crippen molar-refractivity contribution < 1.29 is 28.3 Å². The highest BCUT2D eigenvalue weighted by molar-refractivity contribution is 6.01. The van der Waals surface area contributed by atoms with Gasteiger partial charge in [0.2, 0.25) is 11.7 Å². The second-order valence-corrected chi connectivity index (χ2v) is 8.75. The summed E-state index contributed by atoms with van der Waals surface area (Å²) in [6.45, 7) is 3.00. The average Bonchev–Trinajstić information content (AvgIpc) is 3.20. The molecule has 1 spiro atoms. The highest BCUT2D eigenvalue weighted by atomic mass is 16.5. The normalized spacial score (nSPS) is 17.1. The van der Waals surface area contributed by atoms with Crippen LogP contribution in [-0.4, -0.2) is 54.7 Å². The van der Waals surface area contributed by atoms with E-state index in [4.69, 9.17) is 18.7 Å². The van der Waals surface area contributed by atoms with Gasteiger partial charge in [-0.2, -0.15) is 0 Å². The molecule has 1 aromatic heterocycles. The summed E-state index contributed by atoms with van der Waals surface area (Å²) in [5.41, 5.74) is 2.26.